The second kappa shape index (κ2) is 6.47. The minimum atomic E-state index is 1.09. The van der Waals surface area contributed by atoms with E-state index in [4.69, 9.17) is 0 Å². The zero-order chi connectivity index (χ0) is 16.2. The molecule has 0 amide bonds. The first kappa shape index (κ1) is 14.3. The normalized spacial score (nSPS) is 10.5. The number of hydrogen-bond donors (Lipinski definition) is 2. The zero-order valence-corrected chi connectivity index (χ0v) is 13.2. The van der Waals surface area contributed by atoms with Gasteiger partial charge in [-0.3, -0.25) is 0 Å². The van der Waals surface area contributed by atoms with Crippen LogP contribution in [0.1, 0.15) is 0 Å². The van der Waals surface area contributed by atoms with Crippen LogP contribution in [0.4, 0.5) is 22.7 Å². The Kier molecular flexibility index (Phi) is 3.86. The van der Waals surface area contributed by atoms with Gasteiger partial charge in [0.05, 0.1) is 0 Å². The molecule has 24 heavy (non-hydrogen) atoms. The number of nitrogens with one attached hydrogen (secondary N) is 2. The lowest BCUT2D eigenvalue weighted by Gasteiger charge is -2.10. The fourth-order valence-corrected chi connectivity index (χ4v) is 2.78. The van der Waals surface area contributed by atoms with Gasteiger partial charge in [-0.25, -0.2) is 0 Å². The predicted molar refractivity (Wildman–Crippen MR) is 103 cm³/mol. The van der Waals surface area contributed by atoms with Gasteiger partial charge in [0.1, 0.15) is 0 Å². The Hall–Kier alpha value is -3.26. The molecule has 0 spiro atoms. The third kappa shape index (κ3) is 3.23. The smallest absolute Gasteiger partial charge is 0.0390 e. The van der Waals surface area contributed by atoms with Crippen LogP contribution in [-0.4, -0.2) is 0 Å². The van der Waals surface area contributed by atoms with Gasteiger partial charge in [0.2, 0.25) is 0 Å². The first-order valence-corrected chi connectivity index (χ1v) is 8.05. The lowest BCUT2D eigenvalue weighted by molar-refractivity contribution is 1.55. The van der Waals surface area contributed by atoms with Crippen LogP contribution in [0.3, 0.4) is 0 Å². The molecule has 0 atom stereocenters. The Labute approximate surface area is 141 Å². The Morgan fingerprint density at radius 1 is 0.375 bits per heavy atom. The molecule has 2 heteroatoms. The highest BCUT2D eigenvalue weighted by atomic mass is 14.9. The summed E-state index contributed by atoms with van der Waals surface area (Å²) in [6.07, 6.45) is 0. The van der Waals surface area contributed by atoms with Gasteiger partial charge in [-0.05, 0) is 59.3 Å². The van der Waals surface area contributed by atoms with Crippen LogP contribution >= 0.6 is 0 Å². The maximum atomic E-state index is 3.44. The molecule has 0 radical (unpaired) electrons. The molecule has 4 rings (SSSR count). The van der Waals surface area contributed by atoms with Crippen molar-refractivity contribution in [2.45, 2.75) is 0 Å². The fourth-order valence-electron chi connectivity index (χ4n) is 2.78. The molecule has 0 aliphatic rings. The lowest BCUT2D eigenvalue weighted by Crippen LogP contribution is -1.91. The highest BCUT2D eigenvalue weighted by Crippen LogP contribution is 2.26. The van der Waals surface area contributed by atoms with Gasteiger partial charge < -0.3 is 10.6 Å². The first-order chi connectivity index (χ1) is 11.9. The highest BCUT2D eigenvalue weighted by Gasteiger charge is 2.00. The summed E-state index contributed by atoms with van der Waals surface area (Å²) in [7, 11) is 0. The molecule has 0 unspecified atom stereocenters. The van der Waals surface area contributed by atoms with Crippen LogP contribution in [0, 0.1) is 0 Å². The second-order valence-electron chi connectivity index (χ2n) is 5.76. The van der Waals surface area contributed by atoms with Gasteiger partial charge in [-0.15, -0.1) is 0 Å². The summed E-state index contributed by atoms with van der Waals surface area (Å²) in [5, 5.41) is 9.32. The highest BCUT2D eigenvalue weighted by molar-refractivity contribution is 5.89. The van der Waals surface area contributed by atoms with E-state index >= 15 is 0 Å². The third-order valence-electron chi connectivity index (χ3n) is 3.97. The molecular formula is C22H18N2. The summed E-state index contributed by atoms with van der Waals surface area (Å²) in [6, 6.07) is 33.3. The van der Waals surface area contributed by atoms with E-state index in [-0.39, 0.29) is 0 Å². The summed E-state index contributed by atoms with van der Waals surface area (Å²) in [6.45, 7) is 0. The molecular weight excluding hydrogens is 292 g/mol. The van der Waals surface area contributed by atoms with E-state index in [1.54, 1.807) is 0 Å². The third-order valence-corrected chi connectivity index (χ3v) is 3.97. The number of anilines is 4. The quantitative estimate of drug-likeness (QED) is 0.460. The summed E-state index contributed by atoms with van der Waals surface area (Å²) in [4.78, 5) is 0. The van der Waals surface area contributed by atoms with E-state index < -0.39 is 0 Å². The van der Waals surface area contributed by atoms with Gasteiger partial charge in [-0.1, -0.05) is 48.5 Å². The number of hydrogen-bond acceptors (Lipinski definition) is 2. The van der Waals surface area contributed by atoms with Gasteiger partial charge in [0.15, 0.2) is 0 Å². The van der Waals surface area contributed by atoms with Crippen molar-refractivity contribution in [2.75, 3.05) is 10.6 Å². The fraction of sp³-hybridized carbons (Fsp3) is 0. The van der Waals surface area contributed by atoms with E-state index in [0.29, 0.717) is 0 Å². The first-order valence-electron chi connectivity index (χ1n) is 8.05. The molecule has 116 valence electrons. The van der Waals surface area contributed by atoms with Crippen LogP contribution < -0.4 is 10.6 Å². The average Bonchev–Trinajstić information content (AvgIpc) is 2.63. The summed E-state index contributed by atoms with van der Waals surface area (Å²) < 4.78 is 0. The number of benzene rings is 4. The van der Waals surface area contributed by atoms with Crippen LogP contribution in [0.15, 0.2) is 97.1 Å². The minimum absolute atomic E-state index is 1.09. The van der Waals surface area contributed by atoms with Gasteiger partial charge in [-0.2, -0.15) is 0 Å². The van der Waals surface area contributed by atoms with Crippen molar-refractivity contribution in [3.05, 3.63) is 97.1 Å². The molecule has 0 aliphatic carbocycles. The van der Waals surface area contributed by atoms with Crippen molar-refractivity contribution < 1.29 is 0 Å². The topological polar surface area (TPSA) is 24.1 Å². The molecule has 2 N–H and O–H groups in total. The van der Waals surface area contributed by atoms with E-state index in [2.05, 4.69) is 71.3 Å². The van der Waals surface area contributed by atoms with Gasteiger partial charge in [0, 0.05) is 22.7 Å². The molecule has 2 nitrogen and oxygen atoms in total. The zero-order valence-electron chi connectivity index (χ0n) is 13.2. The molecule has 0 bridgehead atoms. The van der Waals surface area contributed by atoms with Crippen molar-refractivity contribution >= 4 is 33.5 Å². The average molecular weight is 310 g/mol. The predicted octanol–water partition coefficient (Wildman–Crippen LogP) is 6.33. The van der Waals surface area contributed by atoms with Crippen LogP contribution in [0.25, 0.3) is 10.8 Å². The standard InChI is InChI=1S/C22H18N2/c1-3-7-19(8-4-1)23-21-13-11-17-12-14-22(16-18(17)15-21)24-20-9-5-2-6-10-20/h1-16,23-24H. The van der Waals surface area contributed by atoms with Crippen molar-refractivity contribution in [1.82, 2.24) is 0 Å². The van der Waals surface area contributed by atoms with Crippen molar-refractivity contribution in [3.63, 3.8) is 0 Å². The van der Waals surface area contributed by atoms with Crippen LogP contribution in [-0.2, 0) is 0 Å². The summed E-state index contributed by atoms with van der Waals surface area (Å²) in [5.41, 5.74) is 4.36. The lowest BCUT2D eigenvalue weighted by atomic mass is 10.1. The second-order valence-corrected chi connectivity index (χ2v) is 5.76. The number of para-hydroxylation sites is 2. The van der Waals surface area contributed by atoms with E-state index in [9.17, 15) is 0 Å². The number of fused-ring (bicyclic) bond motifs is 1. The van der Waals surface area contributed by atoms with Crippen molar-refractivity contribution in [3.8, 4) is 0 Å². The van der Waals surface area contributed by atoms with E-state index in [1.807, 2.05) is 36.4 Å². The molecule has 4 aromatic carbocycles. The molecule has 0 fully saturated rings. The van der Waals surface area contributed by atoms with Crippen molar-refractivity contribution in [1.29, 1.82) is 0 Å². The largest absolute Gasteiger partial charge is 0.356 e. The molecule has 0 heterocycles. The summed E-state index contributed by atoms with van der Waals surface area (Å²) >= 11 is 0. The Morgan fingerprint density at radius 3 is 1.29 bits per heavy atom. The number of rotatable bonds is 4. The monoisotopic (exact) mass is 310 g/mol. The van der Waals surface area contributed by atoms with Gasteiger partial charge >= 0.3 is 0 Å². The minimum Gasteiger partial charge on any atom is -0.356 e. The molecule has 0 saturated carbocycles. The van der Waals surface area contributed by atoms with Gasteiger partial charge in [0.25, 0.3) is 0 Å². The van der Waals surface area contributed by atoms with E-state index in [1.165, 1.54) is 10.8 Å². The SMILES string of the molecule is c1ccc(Nc2ccc3ccc(Nc4ccccc4)cc3c2)cc1. The maximum absolute atomic E-state index is 3.44. The van der Waals surface area contributed by atoms with E-state index in [0.717, 1.165) is 22.7 Å². The maximum Gasteiger partial charge on any atom is 0.0390 e. The Morgan fingerprint density at radius 2 is 0.833 bits per heavy atom. The Bertz CT molecular complexity index is 871. The molecule has 4 aromatic rings. The van der Waals surface area contributed by atoms with Crippen LogP contribution in [0.2, 0.25) is 0 Å². The summed E-state index contributed by atoms with van der Waals surface area (Å²) in [5.74, 6) is 0. The van der Waals surface area contributed by atoms with Crippen LogP contribution in [0.5, 0.6) is 0 Å². The molecule has 0 aromatic heterocycles. The Balaban J connectivity index is 1.63. The van der Waals surface area contributed by atoms with Crippen molar-refractivity contribution in [2.24, 2.45) is 0 Å². The molecule has 0 aliphatic heterocycles. The molecule has 0 saturated heterocycles.